The van der Waals surface area contributed by atoms with E-state index in [9.17, 15) is 4.79 Å². The summed E-state index contributed by atoms with van der Waals surface area (Å²) in [5.41, 5.74) is 0. The molecule has 0 spiro atoms. The number of unbranched alkanes of at least 4 members (excludes halogenated alkanes) is 6. The Kier molecular flexibility index (Phi) is 11.6. The molecule has 0 aliphatic heterocycles. The number of allylic oxidation sites excluding steroid dienone is 3. The third kappa shape index (κ3) is 12.7. The molecule has 0 rings (SSSR count). The summed E-state index contributed by atoms with van der Waals surface area (Å²) < 4.78 is 0. The van der Waals surface area contributed by atoms with Crippen molar-refractivity contribution < 1.29 is 4.79 Å². The molecule has 0 radical (unpaired) electrons. The second kappa shape index (κ2) is 12.7. The van der Waals surface area contributed by atoms with E-state index in [1.807, 2.05) is 6.08 Å². The topological polar surface area (TPSA) is 17.1 Å². The predicted molar refractivity (Wildman–Crippen MR) is 65.5 cm³/mol. The van der Waals surface area contributed by atoms with Crippen LogP contribution in [0.1, 0.15) is 44.9 Å². The van der Waals surface area contributed by atoms with Crippen LogP contribution in [-0.4, -0.2) is 6.29 Å². The highest BCUT2D eigenvalue weighted by atomic mass is 16.1. The van der Waals surface area contributed by atoms with Crippen LogP contribution in [0.15, 0.2) is 24.8 Å². The third-order valence-corrected chi connectivity index (χ3v) is 2.08. The molecule has 0 atom stereocenters. The van der Waals surface area contributed by atoms with Crippen LogP contribution in [0.5, 0.6) is 0 Å². The summed E-state index contributed by atoms with van der Waals surface area (Å²) in [6.45, 7) is 3.51. The van der Waals surface area contributed by atoms with E-state index in [1.165, 1.54) is 25.7 Å². The molecule has 0 saturated heterocycles. The number of hydrogen-bond acceptors (Lipinski definition) is 1. The first kappa shape index (κ1) is 13.7. The predicted octanol–water partition coefficient (Wildman–Crippen LogP) is 3.66. The molecule has 0 unspecified atom stereocenters. The zero-order valence-electron chi connectivity index (χ0n) is 9.37. The van der Waals surface area contributed by atoms with Gasteiger partial charge in [-0.25, -0.2) is 0 Å². The fraction of sp³-hybridized carbons (Fsp3) is 0.500. The summed E-state index contributed by atoms with van der Waals surface area (Å²) in [4.78, 5) is 10.0. The van der Waals surface area contributed by atoms with E-state index in [-0.39, 0.29) is 0 Å². The van der Waals surface area contributed by atoms with E-state index in [1.54, 1.807) is 6.08 Å². The van der Waals surface area contributed by atoms with E-state index < -0.39 is 0 Å². The Hall–Kier alpha value is -1.29. The summed E-state index contributed by atoms with van der Waals surface area (Å²) in [6.07, 6.45) is 14.3. The summed E-state index contributed by atoms with van der Waals surface area (Å²) in [5, 5.41) is 0. The van der Waals surface area contributed by atoms with E-state index in [2.05, 4.69) is 24.5 Å². The molecule has 1 heteroatoms. The monoisotopic (exact) mass is 204 g/mol. The highest BCUT2D eigenvalue weighted by Gasteiger charge is 1.88. The minimum absolute atomic E-state index is 0.719. The van der Waals surface area contributed by atoms with Gasteiger partial charge in [0, 0.05) is 6.42 Å². The van der Waals surface area contributed by atoms with Crippen molar-refractivity contribution in [3.8, 4) is 11.8 Å². The number of rotatable bonds is 8. The largest absolute Gasteiger partial charge is 0.303 e. The Morgan fingerprint density at radius 3 is 2.27 bits per heavy atom. The SMILES string of the molecule is C=CC#C/C=C/CCCCCCCC=O. The Bertz CT molecular complexity index is 240. The molecular weight excluding hydrogens is 184 g/mol. The molecular formula is C14H20O. The first-order chi connectivity index (χ1) is 7.41. The molecule has 0 aliphatic rings. The van der Waals surface area contributed by atoms with Crippen molar-refractivity contribution in [3.63, 3.8) is 0 Å². The van der Waals surface area contributed by atoms with Crippen molar-refractivity contribution >= 4 is 6.29 Å². The molecule has 0 aromatic rings. The van der Waals surface area contributed by atoms with Gasteiger partial charge >= 0.3 is 0 Å². The van der Waals surface area contributed by atoms with Crippen LogP contribution in [-0.2, 0) is 4.79 Å². The van der Waals surface area contributed by atoms with Crippen LogP contribution >= 0.6 is 0 Å². The van der Waals surface area contributed by atoms with Gasteiger partial charge in [0.2, 0.25) is 0 Å². The van der Waals surface area contributed by atoms with Crippen molar-refractivity contribution in [2.75, 3.05) is 0 Å². The zero-order valence-corrected chi connectivity index (χ0v) is 9.37. The Labute approximate surface area is 93.3 Å². The lowest BCUT2D eigenvalue weighted by Gasteiger charge is -1.96. The fourth-order valence-electron chi connectivity index (χ4n) is 1.27. The van der Waals surface area contributed by atoms with E-state index in [0.717, 1.165) is 25.5 Å². The van der Waals surface area contributed by atoms with Gasteiger partial charge in [0.1, 0.15) is 6.29 Å². The van der Waals surface area contributed by atoms with Crippen LogP contribution in [0.25, 0.3) is 0 Å². The third-order valence-electron chi connectivity index (χ3n) is 2.08. The average Bonchev–Trinajstić information content (AvgIpc) is 2.26. The standard InChI is InChI=1S/C14H20O/c1-2-3-4-5-6-7-8-9-10-11-12-13-14-15/h2,5-6,14H,1,7-13H2/b6-5+. The van der Waals surface area contributed by atoms with Gasteiger partial charge in [-0.15, -0.1) is 0 Å². The lowest BCUT2D eigenvalue weighted by molar-refractivity contribution is -0.107. The maximum atomic E-state index is 10.0. The first-order valence-corrected chi connectivity index (χ1v) is 5.62. The zero-order chi connectivity index (χ0) is 11.2. The number of carbonyl (C=O) groups is 1. The normalized spacial score (nSPS) is 9.60. The molecule has 0 aliphatic carbocycles. The molecule has 0 fully saturated rings. The quantitative estimate of drug-likeness (QED) is 0.335. The second-order valence-corrected chi connectivity index (χ2v) is 3.41. The average molecular weight is 204 g/mol. The first-order valence-electron chi connectivity index (χ1n) is 5.62. The Morgan fingerprint density at radius 2 is 1.60 bits per heavy atom. The number of hydrogen-bond donors (Lipinski definition) is 0. The van der Waals surface area contributed by atoms with Crippen LogP contribution < -0.4 is 0 Å². The van der Waals surface area contributed by atoms with Crippen molar-refractivity contribution in [1.82, 2.24) is 0 Å². The minimum atomic E-state index is 0.719. The van der Waals surface area contributed by atoms with Gasteiger partial charge in [0.15, 0.2) is 0 Å². The molecule has 0 aromatic heterocycles. The van der Waals surface area contributed by atoms with Gasteiger partial charge in [0.05, 0.1) is 0 Å². The van der Waals surface area contributed by atoms with Crippen LogP contribution in [0, 0.1) is 11.8 Å². The Balaban J connectivity index is 3.14. The maximum absolute atomic E-state index is 10.0. The van der Waals surface area contributed by atoms with E-state index in [0.29, 0.717) is 0 Å². The summed E-state index contributed by atoms with van der Waals surface area (Å²) in [7, 11) is 0. The lowest BCUT2D eigenvalue weighted by Crippen LogP contribution is -1.79. The van der Waals surface area contributed by atoms with Crippen molar-refractivity contribution in [1.29, 1.82) is 0 Å². The molecule has 0 heterocycles. The second-order valence-electron chi connectivity index (χ2n) is 3.41. The summed E-state index contributed by atoms with van der Waals surface area (Å²) >= 11 is 0. The lowest BCUT2D eigenvalue weighted by atomic mass is 10.1. The van der Waals surface area contributed by atoms with Gasteiger partial charge in [-0.3, -0.25) is 0 Å². The molecule has 15 heavy (non-hydrogen) atoms. The van der Waals surface area contributed by atoms with Crippen LogP contribution in [0.4, 0.5) is 0 Å². The molecule has 0 N–H and O–H groups in total. The van der Waals surface area contributed by atoms with Crippen molar-refractivity contribution in [2.45, 2.75) is 44.9 Å². The van der Waals surface area contributed by atoms with Crippen LogP contribution in [0.3, 0.4) is 0 Å². The molecule has 0 saturated carbocycles. The summed E-state index contributed by atoms with van der Waals surface area (Å²) in [5.74, 6) is 5.63. The van der Waals surface area contributed by atoms with E-state index >= 15 is 0 Å². The molecule has 1 nitrogen and oxygen atoms in total. The van der Waals surface area contributed by atoms with Gasteiger partial charge in [0.25, 0.3) is 0 Å². The molecule has 82 valence electrons. The number of aldehydes is 1. The molecule has 0 amide bonds. The van der Waals surface area contributed by atoms with Gasteiger partial charge in [-0.2, -0.15) is 0 Å². The fourth-order valence-corrected chi connectivity index (χ4v) is 1.27. The summed E-state index contributed by atoms with van der Waals surface area (Å²) in [6, 6.07) is 0. The highest BCUT2D eigenvalue weighted by Crippen LogP contribution is 2.06. The van der Waals surface area contributed by atoms with Gasteiger partial charge in [-0.05, 0) is 31.4 Å². The van der Waals surface area contributed by atoms with Crippen molar-refractivity contribution in [2.24, 2.45) is 0 Å². The van der Waals surface area contributed by atoms with E-state index in [4.69, 9.17) is 0 Å². The molecule has 0 aromatic carbocycles. The highest BCUT2D eigenvalue weighted by molar-refractivity contribution is 5.48. The Morgan fingerprint density at radius 1 is 0.933 bits per heavy atom. The smallest absolute Gasteiger partial charge is 0.119 e. The maximum Gasteiger partial charge on any atom is 0.119 e. The van der Waals surface area contributed by atoms with Gasteiger partial charge in [-0.1, -0.05) is 43.8 Å². The van der Waals surface area contributed by atoms with Crippen LogP contribution in [0.2, 0.25) is 0 Å². The van der Waals surface area contributed by atoms with Crippen molar-refractivity contribution in [3.05, 3.63) is 24.8 Å². The van der Waals surface area contributed by atoms with Gasteiger partial charge < -0.3 is 4.79 Å². The minimum Gasteiger partial charge on any atom is -0.303 e. The number of carbonyl (C=O) groups excluding carboxylic acids is 1. The molecule has 0 bridgehead atoms.